The quantitative estimate of drug-likeness (QED) is 0.504. The zero-order valence-corrected chi connectivity index (χ0v) is 14.7. The van der Waals surface area contributed by atoms with E-state index >= 15 is 0 Å². The molecule has 3 heteroatoms. The predicted octanol–water partition coefficient (Wildman–Crippen LogP) is 6.38. The fraction of sp³-hybridized carbons (Fsp3) is 0.111. The molecule has 0 saturated carbocycles. The highest BCUT2D eigenvalue weighted by Gasteiger charge is 2.15. The van der Waals surface area contributed by atoms with Crippen molar-refractivity contribution in [2.24, 2.45) is 0 Å². The monoisotopic (exact) mass is 406 g/mol. The molecule has 0 spiro atoms. The van der Waals surface area contributed by atoms with Crippen molar-refractivity contribution in [1.29, 1.82) is 0 Å². The molecule has 0 aromatic heterocycles. The summed E-state index contributed by atoms with van der Waals surface area (Å²) in [6.45, 7) is 7.76. The molecule has 0 radical (unpaired) electrons. The minimum absolute atomic E-state index is 0.190. The van der Waals surface area contributed by atoms with Gasteiger partial charge in [-0.3, -0.25) is 0 Å². The second-order valence-electron chi connectivity index (χ2n) is 4.56. The van der Waals surface area contributed by atoms with E-state index in [2.05, 4.69) is 45.0 Å². The number of halogens is 2. The highest BCUT2D eigenvalue weighted by molar-refractivity contribution is 9.10. The minimum atomic E-state index is -0.190. The maximum atomic E-state index is 6.15. The van der Waals surface area contributed by atoms with Gasteiger partial charge in [0.25, 0.3) is 0 Å². The molecule has 0 bridgehead atoms. The maximum Gasteiger partial charge on any atom is 0.102 e. The Bertz CT molecular complexity index is 581. The summed E-state index contributed by atoms with van der Waals surface area (Å²) in [6, 6.07) is 16.1. The van der Waals surface area contributed by atoms with Gasteiger partial charge in [-0.25, -0.2) is 0 Å². The molecule has 0 saturated heterocycles. The lowest BCUT2D eigenvalue weighted by Gasteiger charge is -2.21. The van der Waals surface area contributed by atoms with Gasteiger partial charge >= 0.3 is 0 Å². The predicted molar refractivity (Wildman–Crippen MR) is 95.2 cm³/mol. The molecule has 0 fully saturated rings. The summed E-state index contributed by atoms with van der Waals surface area (Å²) >= 11 is 6.96. The fourth-order valence-corrected chi connectivity index (χ4v) is 2.90. The van der Waals surface area contributed by atoms with Gasteiger partial charge in [0.15, 0.2) is 0 Å². The lowest BCUT2D eigenvalue weighted by molar-refractivity contribution is 0.0402. The Kier molecular flexibility index (Phi) is 5.97. The van der Waals surface area contributed by atoms with Gasteiger partial charge in [-0.15, -0.1) is 13.2 Å². The molecule has 1 nitrogen and oxygen atoms in total. The van der Waals surface area contributed by atoms with E-state index in [1.165, 1.54) is 0 Å². The highest BCUT2D eigenvalue weighted by atomic mass is 79.9. The molecule has 0 N–H and O–H groups in total. The van der Waals surface area contributed by atoms with Crippen LogP contribution in [0.1, 0.15) is 23.3 Å². The van der Waals surface area contributed by atoms with Crippen molar-refractivity contribution >= 4 is 31.9 Å². The van der Waals surface area contributed by atoms with Crippen LogP contribution in [0.4, 0.5) is 0 Å². The van der Waals surface area contributed by atoms with E-state index in [-0.39, 0.29) is 12.2 Å². The minimum Gasteiger partial charge on any atom is -0.357 e. The number of hydrogen-bond acceptors (Lipinski definition) is 1. The fourth-order valence-electron chi connectivity index (χ4n) is 2.07. The molecule has 2 aromatic carbocycles. The molecule has 108 valence electrons. The second kappa shape index (κ2) is 7.74. The van der Waals surface area contributed by atoms with Crippen LogP contribution >= 0.6 is 31.9 Å². The van der Waals surface area contributed by atoms with Crippen molar-refractivity contribution in [1.82, 2.24) is 0 Å². The Morgan fingerprint density at radius 3 is 1.57 bits per heavy atom. The van der Waals surface area contributed by atoms with Crippen LogP contribution in [0, 0.1) is 0 Å². The van der Waals surface area contributed by atoms with Crippen LogP contribution in [0.15, 0.2) is 82.8 Å². The Labute approximate surface area is 142 Å². The van der Waals surface area contributed by atoms with E-state index in [0.29, 0.717) is 0 Å². The molecule has 2 rings (SSSR count). The van der Waals surface area contributed by atoms with Crippen molar-refractivity contribution in [3.05, 3.63) is 93.9 Å². The van der Waals surface area contributed by atoms with E-state index in [4.69, 9.17) is 4.74 Å². The lowest BCUT2D eigenvalue weighted by atomic mass is 10.1. The lowest BCUT2D eigenvalue weighted by Crippen LogP contribution is -2.07. The molecule has 0 aliphatic carbocycles. The molecule has 0 amide bonds. The van der Waals surface area contributed by atoms with Crippen molar-refractivity contribution in [3.63, 3.8) is 0 Å². The second-order valence-corrected chi connectivity index (χ2v) is 6.39. The van der Waals surface area contributed by atoms with Gasteiger partial charge in [0.2, 0.25) is 0 Å². The Morgan fingerprint density at radius 2 is 1.24 bits per heavy atom. The van der Waals surface area contributed by atoms with Gasteiger partial charge in [-0.05, 0) is 35.4 Å². The normalized spacial score (nSPS) is 13.4. The van der Waals surface area contributed by atoms with Gasteiger partial charge in [-0.2, -0.15) is 0 Å². The van der Waals surface area contributed by atoms with Gasteiger partial charge in [0, 0.05) is 8.95 Å². The van der Waals surface area contributed by atoms with Gasteiger partial charge in [0.05, 0.1) is 0 Å². The Hall–Kier alpha value is -1.16. The number of benzene rings is 2. The molecular weight excluding hydrogens is 392 g/mol. The van der Waals surface area contributed by atoms with Crippen molar-refractivity contribution in [2.75, 3.05) is 0 Å². The van der Waals surface area contributed by atoms with Crippen LogP contribution in [0.5, 0.6) is 0 Å². The summed E-state index contributed by atoms with van der Waals surface area (Å²) in [5.74, 6) is 0. The number of rotatable bonds is 6. The number of ether oxygens (including phenoxy) is 1. The third-order valence-corrected chi connectivity index (χ3v) is 4.06. The first kappa shape index (κ1) is 16.2. The van der Waals surface area contributed by atoms with Crippen molar-refractivity contribution in [3.8, 4) is 0 Å². The largest absolute Gasteiger partial charge is 0.357 e. The van der Waals surface area contributed by atoms with Crippen LogP contribution in [0.2, 0.25) is 0 Å². The summed E-state index contributed by atoms with van der Waals surface area (Å²) < 4.78 is 8.20. The van der Waals surface area contributed by atoms with Crippen molar-refractivity contribution < 1.29 is 4.74 Å². The Morgan fingerprint density at radius 1 is 0.810 bits per heavy atom. The third-order valence-electron chi connectivity index (χ3n) is 3.08. The van der Waals surface area contributed by atoms with E-state index < -0.39 is 0 Å². The average molecular weight is 408 g/mol. The molecule has 2 atom stereocenters. The van der Waals surface area contributed by atoms with Crippen LogP contribution in [0.25, 0.3) is 0 Å². The number of hydrogen-bond donors (Lipinski definition) is 0. The first-order valence-corrected chi connectivity index (χ1v) is 8.14. The molecule has 0 heterocycles. The van der Waals surface area contributed by atoms with E-state index in [9.17, 15) is 0 Å². The maximum absolute atomic E-state index is 6.15. The van der Waals surface area contributed by atoms with Gasteiger partial charge in [0.1, 0.15) is 12.2 Å². The Balaban J connectivity index is 2.23. The summed E-state index contributed by atoms with van der Waals surface area (Å²) in [5, 5.41) is 0. The van der Waals surface area contributed by atoms with Gasteiger partial charge in [-0.1, -0.05) is 68.3 Å². The molecular formula is C18H16Br2O. The van der Waals surface area contributed by atoms with Gasteiger partial charge < -0.3 is 4.74 Å². The first-order chi connectivity index (χ1) is 10.1. The third kappa shape index (κ3) is 4.40. The molecule has 2 aromatic rings. The highest BCUT2D eigenvalue weighted by Crippen LogP contribution is 2.30. The molecule has 0 aliphatic rings. The zero-order valence-electron chi connectivity index (χ0n) is 11.5. The van der Waals surface area contributed by atoms with Crippen LogP contribution in [0.3, 0.4) is 0 Å². The smallest absolute Gasteiger partial charge is 0.102 e. The topological polar surface area (TPSA) is 9.23 Å². The van der Waals surface area contributed by atoms with Crippen LogP contribution in [-0.4, -0.2) is 0 Å². The average Bonchev–Trinajstić information content (AvgIpc) is 2.48. The molecule has 21 heavy (non-hydrogen) atoms. The zero-order chi connectivity index (χ0) is 15.2. The molecule has 2 unspecified atom stereocenters. The van der Waals surface area contributed by atoms with Crippen LogP contribution in [-0.2, 0) is 4.74 Å². The van der Waals surface area contributed by atoms with E-state index in [1.54, 1.807) is 12.2 Å². The van der Waals surface area contributed by atoms with Crippen LogP contribution < -0.4 is 0 Å². The van der Waals surface area contributed by atoms with E-state index in [1.807, 2.05) is 48.5 Å². The summed E-state index contributed by atoms with van der Waals surface area (Å²) in [4.78, 5) is 0. The van der Waals surface area contributed by atoms with E-state index in [0.717, 1.165) is 20.1 Å². The van der Waals surface area contributed by atoms with Crippen molar-refractivity contribution in [2.45, 2.75) is 12.2 Å². The molecule has 0 aliphatic heterocycles. The SMILES string of the molecule is C=CC(OC(C=C)c1cccc(Br)c1)c1cccc(Br)c1. The standard InChI is InChI=1S/C18H16Br2O/c1-3-17(13-7-5-9-15(19)11-13)21-18(4-2)14-8-6-10-16(20)12-14/h3-12,17-18H,1-2H2. The summed E-state index contributed by atoms with van der Waals surface area (Å²) in [7, 11) is 0. The first-order valence-electron chi connectivity index (χ1n) is 6.55. The summed E-state index contributed by atoms with van der Waals surface area (Å²) in [6.07, 6.45) is 3.22. The summed E-state index contributed by atoms with van der Waals surface area (Å²) in [5.41, 5.74) is 2.11.